The smallest absolute Gasteiger partial charge is 0.224 e. The van der Waals surface area contributed by atoms with E-state index in [2.05, 4.69) is 24.5 Å². The van der Waals surface area contributed by atoms with Crippen molar-refractivity contribution in [2.24, 2.45) is 17.8 Å². The summed E-state index contributed by atoms with van der Waals surface area (Å²) in [5.74, 6) is 1.62. The van der Waals surface area contributed by atoms with Crippen LogP contribution >= 0.6 is 0 Å². The highest BCUT2D eigenvalue weighted by atomic mass is 16.5. The zero-order valence-electron chi connectivity index (χ0n) is 15.2. The average molecular weight is 348 g/mol. The predicted molar refractivity (Wildman–Crippen MR) is 95.6 cm³/mol. The zero-order valence-corrected chi connectivity index (χ0v) is 15.2. The van der Waals surface area contributed by atoms with Crippen molar-refractivity contribution in [2.75, 3.05) is 26.8 Å². The van der Waals surface area contributed by atoms with E-state index in [1.807, 2.05) is 24.3 Å². The van der Waals surface area contributed by atoms with Crippen molar-refractivity contribution in [2.45, 2.75) is 26.7 Å². The summed E-state index contributed by atoms with van der Waals surface area (Å²) >= 11 is 0. The fourth-order valence-corrected chi connectivity index (χ4v) is 2.54. The highest BCUT2D eigenvalue weighted by Gasteiger charge is 2.47. The second-order valence-electron chi connectivity index (χ2n) is 6.74. The third kappa shape index (κ3) is 6.29. The van der Waals surface area contributed by atoms with Crippen LogP contribution in [-0.4, -0.2) is 38.6 Å². The predicted octanol–water partition coefficient (Wildman–Crippen LogP) is 1.99. The minimum atomic E-state index is -0.194. The topological polar surface area (TPSA) is 76.7 Å². The molecule has 1 aliphatic carbocycles. The van der Waals surface area contributed by atoms with Gasteiger partial charge in [0.2, 0.25) is 11.8 Å². The van der Waals surface area contributed by atoms with Gasteiger partial charge in [-0.15, -0.1) is 0 Å². The Balaban J connectivity index is 1.59. The molecule has 0 spiro atoms. The minimum Gasteiger partial charge on any atom is -0.497 e. The standard InChI is InChI=1S/C19H28N2O4/c1-13(2)8-9-20-18(22)16-12-17(16)19(23)21-10-11-25-15-6-4-14(24-3)5-7-15/h4-7,13,16-17H,8-12H2,1-3H3,(H,20,22)(H,21,23). The molecule has 0 radical (unpaired) electrons. The molecule has 6 nitrogen and oxygen atoms in total. The van der Waals surface area contributed by atoms with Crippen LogP contribution in [0.1, 0.15) is 26.7 Å². The summed E-state index contributed by atoms with van der Waals surface area (Å²) < 4.78 is 10.6. The molecule has 0 aromatic heterocycles. The third-order valence-electron chi connectivity index (χ3n) is 4.21. The molecule has 0 aliphatic heterocycles. The molecule has 6 heteroatoms. The van der Waals surface area contributed by atoms with E-state index in [1.54, 1.807) is 7.11 Å². The van der Waals surface area contributed by atoms with E-state index in [-0.39, 0.29) is 23.7 Å². The Morgan fingerprint density at radius 2 is 1.60 bits per heavy atom. The Bertz CT molecular complexity index is 571. The second-order valence-corrected chi connectivity index (χ2v) is 6.74. The van der Waals surface area contributed by atoms with Crippen LogP contribution in [0, 0.1) is 17.8 Å². The Labute approximate surface area is 149 Å². The van der Waals surface area contributed by atoms with Crippen LogP contribution in [0.15, 0.2) is 24.3 Å². The lowest BCUT2D eigenvalue weighted by atomic mass is 10.1. The largest absolute Gasteiger partial charge is 0.497 e. The molecule has 0 heterocycles. The Hall–Kier alpha value is -2.24. The second kappa shape index (κ2) is 9.30. The maximum absolute atomic E-state index is 12.0. The van der Waals surface area contributed by atoms with Gasteiger partial charge in [-0.2, -0.15) is 0 Å². The first-order chi connectivity index (χ1) is 12.0. The molecular weight excluding hydrogens is 320 g/mol. The Morgan fingerprint density at radius 3 is 2.16 bits per heavy atom. The number of amides is 2. The number of hydrogen-bond acceptors (Lipinski definition) is 4. The van der Waals surface area contributed by atoms with Crippen molar-refractivity contribution in [1.82, 2.24) is 10.6 Å². The summed E-state index contributed by atoms with van der Waals surface area (Å²) in [4.78, 5) is 24.0. The molecular formula is C19H28N2O4. The van der Waals surface area contributed by atoms with Gasteiger partial charge in [0.05, 0.1) is 25.5 Å². The lowest BCUT2D eigenvalue weighted by Gasteiger charge is -2.09. The zero-order chi connectivity index (χ0) is 18.2. The van der Waals surface area contributed by atoms with Gasteiger partial charge >= 0.3 is 0 Å². The number of carbonyl (C=O) groups excluding carboxylic acids is 2. The van der Waals surface area contributed by atoms with Crippen molar-refractivity contribution in [3.63, 3.8) is 0 Å². The third-order valence-corrected chi connectivity index (χ3v) is 4.21. The number of ether oxygens (including phenoxy) is 2. The van der Waals surface area contributed by atoms with Gasteiger partial charge in [-0.3, -0.25) is 9.59 Å². The SMILES string of the molecule is COc1ccc(OCCNC(=O)C2CC2C(=O)NCCC(C)C)cc1. The number of carbonyl (C=O) groups is 2. The van der Waals surface area contributed by atoms with Crippen molar-refractivity contribution < 1.29 is 19.1 Å². The summed E-state index contributed by atoms with van der Waals surface area (Å²) in [6, 6.07) is 7.28. The number of nitrogens with one attached hydrogen (secondary N) is 2. The quantitative estimate of drug-likeness (QED) is 0.634. The lowest BCUT2D eigenvalue weighted by molar-refractivity contribution is -0.127. The van der Waals surface area contributed by atoms with Crippen LogP contribution in [0.25, 0.3) is 0 Å². The monoisotopic (exact) mass is 348 g/mol. The lowest BCUT2D eigenvalue weighted by Crippen LogP contribution is -2.32. The number of hydrogen-bond donors (Lipinski definition) is 2. The van der Waals surface area contributed by atoms with Gasteiger partial charge < -0.3 is 20.1 Å². The first-order valence-corrected chi connectivity index (χ1v) is 8.83. The van der Waals surface area contributed by atoms with Crippen molar-refractivity contribution >= 4 is 11.8 Å². The van der Waals surface area contributed by atoms with Crippen LogP contribution in [0.3, 0.4) is 0 Å². The summed E-state index contributed by atoms with van der Waals surface area (Å²) in [7, 11) is 1.61. The van der Waals surface area contributed by atoms with E-state index in [0.29, 0.717) is 32.0 Å². The maximum atomic E-state index is 12.0. The van der Waals surface area contributed by atoms with Gasteiger partial charge in [-0.25, -0.2) is 0 Å². The van der Waals surface area contributed by atoms with Crippen molar-refractivity contribution in [3.8, 4) is 11.5 Å². The van der Waals surface area contributed by atoms with Crippen LogP contribution < -0.4 is 20.1 Å². The highest BCUT2D eigenvalue weighted by molar-refractivity contribution is 5.92. The van der Waals surface area contributed by atoms with Crippen LogP contribution in [0.2, 0.25) is 0 Å². The molecule has 1 aliphatic rings. The molecule has 2 atom stereocenters. The maximum Gasteiger partial charge on any atom is 0.224 e. The van der Waals surface area contributed by atoms with E-state index in [9.17, 15) is 9.59 Å². The van der Waals surface area contributed by atoms with E-state index in [1.165, 1.54) is 0 Å². The normalized spacial score (nSPS) is 18.6. The molecule has 1 saturated carbocycles. The van der Waals surface area contributed by atoms with Gasteiger partial charge in [-0.05, 0) is 43.0 Å². The molecule has 1 aromatic rings. The fourth-order valence-electron chi connectivity index (χ4n) is 2.54. The molecule has 1 aromatic carbocycles. The molecule has 2 rings (SSSR count). The molecule has 2 unspecified atom stereocenters. The molecule has 25 heavy (non-hydrogen) atoms. The fraction of sp³-hybridized carbons (Fsp3) is 0.579. The summed E-state index contributed by atoms with van der Waals surface area (Å²) in [6.07, 6.45) is 1.59. The molecule has 0 bridgehead atoms. The van der Waals surface area contributed by atoms with Crippen LogP contribution in [0.5, 0.6) is 11.5 Å². The van der Waals surface area contributed by atoms with Crippen molar-refractivity contribution in [1.29, 1.82) is 0 Å². The van der Waals surface area contributed by atoms with E-state index in [0.717, 1.165) is 17.9 Å². The Kier molecular flexibility index (Phi) is 7.10. The number of benzene rings is 1. The minimum absolute atomic E-state index is 0.00437. The van der Waals surface area contributed by atoms with Crippen LogP contribution in [0.4, 0.5) is 0 Å². The molecule has 1 fully saturated rings. The summed E-state index contributed by atoms with van der Waals surface area (Å²) in [5, 5.41) is 5.73. The van der Waals surface area contributed by atoms with Crippen molar-refractivity contribution in [3.05, 3.63) is 24.3 Å². The average Bonchev–Trinajstić information content (AvgIpc) is 3.39. The molecule has 138 valence electrons. The van der Waals surface area contributed by atoms with Gasteiger partial charge in [0, 0.05) is 6.54 Å². The highest BCUT2D eigenvalue weighted by Crippen LogP contribution is 2.38. The van der Waals surface area contributed by atoms with Gasteiger partial charge in [0.25, 0.3) is 0 Å². The number of methoxy groups -OCH3 is 1. The van der Waals surface area contributed by atoms with E-state index in [4.69, 9.17) is 9.47 Å². The van der Waals surface area contributed by atoms with E-state index < -0.39 is 0 Å². The van der Waals surface area contributed by atoms with Gasteiger partial charge in [0.15, 0.2) is 0 Å². The Morgan fingerprint density at radius 1 is 1.04 bits per heavy atom. The molecule has 2 N–H and O–H groups in total. The molecule has 2 amide bonds. The first-order valence-electron chi connectivity index (χ1n) is 8.83. The molecule has 0 saturated heterocycles. The van der Waals surface area contributed by atoms with E-state index >= 15 is 0 Å². The number of rotatable bonds is 10. The van der Waals surface area contributed by atoms with Gasteiger partial charge in [0.1, 0.15) is 18.1 Å². The summed E-state index contributed by atoms with van der Waals surface area (Å²) in [6.45, 7) is 5.72. The van der Waals surface area contributed by atoms with Crippen LogP contribution in [-0.2, 0) is 9.59 Å². The summed E-state index contributed by atoms with van der Waals surface area (Å²) in [5.41, 5.74) is 0. The van der Waals surface area contributed by atoms with Gasteiger partial charge in [-0.1, -0.05) is 13.8 Å². The first kappa shape index (κ1) is 19.1.